The molecule has 0 saturated carbocycles. The van der Waals surface area contributed by atoms with Crippen LogP contribution in [0.4, 0.5) is 4.39 Å². The highest BCUT2D eigenvalue weighted by molar-refractivity contribution is 5.75. The van der Waals surface area contributed by atoms with Gasteiger partial charge in [0.15, 0.2) is 0 Å². The summed E-state index contributed by atoms with van der Waals surface area (Å²) in [6.45, 7) is 2.37. The maximum absolute atomic E-state index is 13.2. The molecular formula is C13H18FNO. The van der Waals surface area contributed by atoms with Crippen molar-refractivity contribution in [2.75, 3.05) is 0 Å². The highest BCUT2D eigenvalue weighted by Crippen LogP contribution is 2.06. The SMILES string of the molecule is CCCCCC(=O)NCc1ccccc1F. The van der Waals surface area contributed by atoms with E-state index in [2.05, 4.69) is 12.2 Å². The minimum absolute atomic E-state index is 0.00305. The quantitative estimate of drug-likeness (QED) is 0.738. The van der Waals surface area contributed by atoms with E-state index in [-0.39, 0.29) is 18.3 Å². The second-order valence-electron chi connectivity index (χ2n) is 3.83. The topological polar surface area (TPSA) is 29.1 Å². The molecule has 1 aromatic rings. The largest absolute Gasteiger partial charge is 0.352 e. The van der Waals surface area contributed by atoms with Crippen LogP contribution in [0.5, 0.6) is 0 Å². The van der Waals surface area contributed by atoms with Gasteiger partial charge in [0.05, 0.1) is 0 Å². The molecule has 0 aliphatic heterocycles. The average Bonchev–Trinajstić information content (AvgIpc) is 2.28. The van der Waals surface area contributed by atoms with Gasteiger partial charge in [0, 0.05) is 18.5 Å². The number of rotatable bonds is 6. The Morgan fingerprint density at radius 1 is 1.31 bits per heavy atom. The van der Waals surface area contributed by atoms with E-state index in [1.165, 1.54) is 6.07 Å². The minimum atomic E-state index is -0.267. The third-order valence-electron chi connectivity index (χ3n) is 2.44. The van der Waals surface area contributed by atoms with Crippen LogP contribution in [0.3, 0.4) is 0 Å². The number of nitrogens with one attached hydrogen (secondary N) is 1. The van der Waals surface area contributed by atoms with E-state index >= 15 is 0 Å². The van der Waals surface area contributed by atoms with Gasteiger partial charge in [0.1, 0.15) is 5.82 Å². The number of amides is 1. The van der Waals surface area contributed by atoms with Gasteiger partial charge >= 0.3 is 0 Å². The molecule has 1 N–H and O–H groups in total. The second kappa shape index (κ2) is 6.99. The molecule has 0 atom stereocenters. The Hall–Kier alpha value is -1.38. The molecule has 2 nitrogen and oxygen atoms in total. The molecule has 1 rings (SSSR count). The Bertz CT molecular complexity index is 338. The summed E-state index contributed by atoms with van der Waals surface area (Å²) in [5, 5.41) is 2.72. The standard InChI is InChI=1S/C13H18FNO/c1-2-3-4-9-13(16)15-10-11-7-5-6-8-12(11)14/h5-8H,2-4,9-10H2,1H3,(H,15,16). The molecule has 3 heteroatoms. The number of benzene rings is 1. The summed E-state index contributed by atoms with van der Waals surface area (Å²) in [6.07, 6.45) is 3.59. The lowest BCUT2D eigenvalue weighted by Crippen LogP contribution is -2.22. The van der Waals surface area contributed by atoms with Crippen LogP contribution in [-0.4, -0.2) is 5.91 Å². The van der Waals surface area contributed by atoms with Crippen molar-refractivity contribution in [3.8, 4) is 0 Å². The molecule has 0 aliphatic rings. The second-order valence-corrected chi connectivity index (χ2v) is 3.83. The molecule has 0 bridgehead atoms. The molecule has 0 heterocycles. The van der Waals surface area contributed by atoms with Crippen LogP contribution in [0.1, 0.15) is 38.2 Å². The predicted octanol–water partition coefficient (Wildman–Crippen LogP) is 3.02. The zero-order valence-corrected chi connectivity index (χ0v) is 9.63. The molecule has 1 amide bonds. The van der Waals surface area contributed by atoms with Crippen molar-refractivity contribution in [1.29, 1.82) is 0 Å². The van der Waals surface area contributed by atoms with Crippen LogP contribution < -0.4 is 5.32 Å². The molecule has 0 aromatic heterocycles. The van der Waals surface area contributed by atoms with Crippen molar-refractivity contribution in [2.45, 2.75) is 39.2 Å². The molecule has 0 aliphatic carbocycles. The van der Waals surface area contributed by atoms with E-state index < -0.39 is 0 Å². The molecule has 0 saturated heterocycles. The maximum atomic E-state index is 13.2. The first kappa shape index (κ1) is 12.7. The van der Waals surface area contributed by atoms with E-state index in [1.807, 2.05) is 0 Å². The van der Waals surface area contributed by atoms with Crippen LogP contribution in [0.15, 0.2) is 24.3 Å². The number of carbonyl (C=O) groups is 1. The van der Waals surface area contributed by atoms with Gasteiger partial charge < -0.3 is 5.32 Å². The summed E-state index contributed by atoms with van der Waals surface area (Å²) < 4.78 is 13.2. The smallest absolute Gasteiger partial charge is 0.220 e. The van der Waals surface area contributed by atoms with Crippen molar-refractivity contribution in [1.82, 2.24) is 5.32 Å². The van der Waals surface area contributed by atoms with Crippen LogP contribution in [-0.2, 0) is 11.3 Å². The number of halogens is 1. The maximum Gasteiger partial charge on any atom is 0.220 e. The van der Waals surface area contributed by atoms with E-state index in [1.54, 1.807) is 18.2 Å². The number of carbonyl (C=O) groups excluding carboxylic acids is 1. The third kappa shape index (κ3) is 4.43. The monoisotopic (exact) mass is 223 g/mol. The summed E-state index contributed by atoms with van der Waals surface area (Å²) in [6, 6.07) is 6.49. The van der Waals surface area contributed by atoms with Crippen LogP contribution >= 0.6 is 0 Å². The third-order valence-corrected chi connectivity index (χ3v) is 2.44. The molecule has 88 valence electrons. The number of hydrogen-bond donors (Lipinski definition) is 1. The molecule has 0 radical (unpaired) electrons. The Morgan fingerprint density at radius 3 is 2.75 bits per heavy atom. The lowest BCUT2D eigenvalue weighted by atomic mass is 10.2. The van der Waals surface area contributed by atoms with Gasteiger partial charge in [-0.3, -0.25) is 4.79 Å². The van der Waals surface area contributed by atoms with Crippen molar-refractivity contribution < 1.29 is 9.18 Å². The van der Waals surface area contributed by atoms with E-state index in [0.717, 1.165) is 19.3 Å². The zero-order chi connectivity index (χ0) is 11.8. The molecule has 1 aromatic carbocycles. The highest BCUT2D eigenvalue weighted by Gasteiger charge is 2.03. The van der Waals surface area contributed by atoms with Crippen molar-refractivity contribution in [3.05, 3.63) is 35.6 Å². The Kier molecular flexibility index (Phi) is 5.54. The highest BCUT2D eigenvalue weighted by atomic mass is 19.1. The first-order valence-corrected chi connectivity index (χ1v) is 5.74. The first-order chi connectivity index (χ1) is 7.74. The fourth-order valence-electron chi connectivity index (χ4n) is 1.46. The van der Waals surface area contributed by atoms with Crippen LogP contribution in [0, 0.1) is 5.82 Å². The molecule has 0 spiro atoms. The fraction of sp³-hybridized carbons (Fsp3) is 0.462. The lowest BCUT2D eigenvalue weighted by molar-refractivity contribution is -0.121. The van der Waals surface area contributed by atoms with E-state index in [4.69, 9.17) is 0 Å². The predicted molar refractivity (Wildman–Crippen MR) is 62.4 cm³/mol. The van der Waals surface area contributed by atoms with Crippen molar-refractivity contribution in [3.63, 3.8) is 0 Å². The summed E-state index contributed by atoms with van der Waals surface area (Å²) in [4.78, 5) is 11.4. The number of hydrogen-bond acceptors (Lipinski definition) is 1. The summed E-state index contributed by atoms with van der Waals surface area (Å²) in [5.41, 5.74) is 0.534. The van der Waals surface area contributed by atoms with Gasteiger partial charge in [-0.15, -0.1) is 0 Å². The Balaban J connectivity index is 2.29. The molecular weight excluding hydrogens is 205 g/mol. The first-order valence-electron chi connectivity index (χ1n) is 5.74. The average molecular weight is 223 g/mol. The Labute approximate surface area is 95.9 Å². The Morgan fingerprint density at radius 2 is 2.06 bits per heavy atom. The normalized spacial score (nSPS) is 10.1. The van der Waals surface area contributed by atoms with Crippen molar-refractivity contribution >= 4 is 5.91 Å². The molecule has 0 unspecified atom stereocenters. The van der Waals surface area contributed by atoms with E-state index in [9.17, 15) is 9.18 Å². The van der Waals surface area contributed by atoms with Gasteiger partial charge in [-0.25, -0.2) is 4.39 Å². The zero-order valence-electron chi connectivity index (χ0n) is 9.63. The van der Waals surface area contributed by atoms with Gasteiger partial charge in [0.2, 0.25) is 5.91 Å². The van der Waals surface area contributed by atoms with E-state index in [0.29, 0.717) is 12.0 Å². The van der Waals surface area contributed by atoms with Gasteiger partial charge in [-0.2, -0.15) is 0 Å². The van der Waals surface area contributed by atoms with Crippen LogP contribution in [0.25, 0.3) is 0 Å². The van der Waals surface area contributed by atoms with Crippen LogP contribution in [0.2, 0.25) is 0 Å². The van der Waals surface area contributed by atoms with Crippen molar-refractivity contribution in [2.24, 2.45) is 0 Å². The fourth-order valence-corrected chi connectivity index (χ4v) is 1.46. The summed E-state index contributed by atoms with van der Waals surface area (Å²) in [5.74, 6) is -0.270. The lowest BCUT2D eigenvalue weighted by Gasteiger charge is -2.05. The summed E-state index contributed by atoms with van der Waals surface area (Å²) in [7, 11) is 0. The van der Waals surface area contributed by atoms with Gasteiger partial charge in [-0.05, 0) is 12.5 Å². The molecule has 0 fully saturated rings. The van der Waals surface area contributed by atoms with Gasteiger partial charge in [-0.1, -0.05) is 38.0 Å². The minimum Gasteiger partial charge on any atom is -0.352 e. The summed E-state index contributed by atoms with van der Waals surface area (Å²) >= 11 is 0. The number of unbranched alkanes of at least 4 members (excludes halogenated alkanes) is 2. The van der Waals surface area contributed by atoms with Gasteiger partial charge in [0.25, 0.3) is 0 Å². The molecule has 16 heavy (non-hydrogen) atoms.